The molecule has 3 amide bonds. The maximum Gasteiger partial charge on any atom is 0.283 e. The molecule has 1 aliphatic heterocycles. The molecule has 1 aromatic heterocycles. The Bertz CT molecular complexity index is 1370. The van der Waals surface area contributed by atoms with E-state index in [-0.39, 0.29) is 22.5 Å². The minimum absolute atomic E-state index is 0.103. The van der Waals surface area contributed by atoms with Crippen molar-refractivity contribution < 1.29 is 23.9 Å². The van der Waals surface area contributed by atoms with E-state index in [1.54, 1.807) is 73.2 Å². The molecule has 2 aromatic carbocycles. The van der Waals surface area contributed by atoms with Gasteiger partial charge in [0.15, 0.2) is 5.17 Å². The molecule has 2 heterocycles. The second-order valence-corrected chi connectivity index (χ2v) is 9.72. The number of hydrogen-bond acceptors (Lipinski definition) is 8. The van der Waals surface area contributed by atoms with Gasteiger partial charge in [0.05, 0.1) is 35.6 Å². The third-order valence-electron chi connectivity index (χ3n) is 5.03. The van der Waals surface area contributed by atoms with Crippen LogP contribution in [0.4, 0.5) is 5.69 Å². The molecule has 0 fully saturated rings. The van der Waals surface area contributed by atoms with E-state index < -0.39 is 11.8 Å². The molecule has 4 rings (SSSR count). The summed E-state index contributed by atoms with van der Waals surface area (Å²) in [6, 6.07) is 15.5. The Morgan fingerprint density at radius 2 is 1.89 bits per heavy atom. The molecule has 1 aliphatic rings. The molecule has 2 N–H and O–H groups in total. The summed E-state index contributed by atoms with van der Waals surface area (Å²) < 4.78 is 10.5. The van der Waals surface area contributed by atoms with E-state index in [1.165, 1.54) is 23.3 Å². The average molecular weight is 557 g/mol. The topological polar surface area (TPSA) is 109 Å². The van der Waals surface area contributed by atoms with Crippen LogP contribution in [0.5, 0.6) is 11.5 Å². The number of hydrazine groups is 1. The van der Waals surface area contributed by atoms with Crippen LogP contribution in [0, 0.1) is 0 Å². The smallest absolute Gasteiger partial charge is 0.283 e. The normalized spacial score (nSPS) is 13.9. The van der Waals surface area contributed by atoms with Crippen LogP contribution in [0.25, 0.3) is 6.08 Å². The minimum atomic E-state index is -0.466. The zero-order valence-corrected chi connectivity index (χ0v) is 22.1. The fourth-order valence-corrected chi connectivity index (χ4v) is 4.85. The van der Waals surface area contributed by atoms with Crippen molar-refractivity contribution in [2.45, 2.75) is 0 Å². The van der Waals surface area contributed by atoms with Gasteiger partial charge in [-0.3, -0.25) is 30.1 Å². The molecule has 9 nitrogen and oxygen atoms in total. The van der Waals surface area contributed by atoms with Gasteiger partial charge in [-0.1, -0.05) is 41.6 Å². The summed E-state index contributed by atoms with van der Waals surface area (Å²) in [6.07, 6.45) is 1.65. The van der Waals surface area contributed by atoms with Crippen molar-refractivity contribution in [3.8, 4) is 11.5 Å². The fourth-order valence-electron chi connectivity index (χ4n) is 3.23. The Labute approximate surface area is 226 Å². The molecule has 0 radical (unpaired) electrons. The zero-order valence-electron chi connectivity index (χ0n) is 19.7. The first-order chi connectivity index (χ1) is 17.9. The molecule has 0 atom stereocenters. The van der Waals surface area contributed by atoms with Gasteiger partial charge in [0, 0.05) is 6.07 Å². The number of amides is 3. The second kappa shape index (κ2) is 12.0. The molecule has 0 unspecified atom stereocenters. The number of aliphatic imine (C=N–C) groups is 1. The zero-order chi connectivity index (χ0) is 26.4. The van der Waals surface area contributed by atoms with Crippen molar-refractivity contribution in [3.63, 3.8) is 0 Å². The molecular weight excluding hydrogens is 536 g/mol. The Morgan fingerprint density at radius 1 is 1.11 bits per heavy atom. The van der Waals surface area contributed by atoms with Crippen molar-refractivity contribution in [1.29, 1.82) is 0 Å². The van der Waals surface area contributed by atoms with E-state index >= 15 is 0 Å². The molecule has 190 valence electrons. The van der Waals surface area contributed by atoms with Crippen LogP contribution in [-0.2, 0) is 9.59 Å². The monoisotopic (exact) mass is 556 g/mol. The Kier molecular flexibility index (Phi) is 8.49. The van der Waals surface area contributed by atoms with E-state index in [0.717, 1.165) is 17.3 Å². The van der Waals surface area contributed by atoms with Gasteiger partial charge in [0.1, 0.15) is 17.2 Å². The average Bonchev–Trinajstić information content (AvgIpc) is 3.56. The number of nitrogens with one attached hydrogen (secondary N) is 2. The van der Waals surface area contributed by atoms with Crippen molar-refractivity contribution in [2.75, 3.05) is 24.9 Å². The number of halogens is 1. The van der Waals surface area contributed by atoms with Gasteiger partial charge in [0.25, 0.3) is 11.8 Å². The highest BCUT2D eigenvalue weighted by Gasteiger charge is 2.33. The first-order valence-electron chi connectivity index (χ1n) is 10.8. The number of rotatable bonds is 7. The van der Waals surface area contributed by atoms with Crippen LogP contribution in [0.2, 0.25) is 5.02 Å². The summed E-state index contributed by atoms with van der Waals surface area (Å²) in [5.74, 6) is -0.292. The lowest BCUT2D eigenvalue weighted by Gasteiger charge is -2.19. The Morgan fingerprint density at radius 3 is 2.57 bits per heavy atom. The lowest BCUT2D eigenvalue weighted by molar-refractivity contribution is -0.119. The number of benzene rings is 2. The maximum atomic E-state index is 13.4. The van der Waals surface area contributed by atoms with Crippen LogP contribution in [0.3, 0.4) is 0 Å². The van der Waals surface area contributed by atoms with Crippen LogP contribution in [0.1, 0.15) is 15.2 Å². The molecule has 12 heteroatoms. The minimum Gasteiger partial charge on any atom is -0.497 e. The van der Waals surface area contributed by atoms with Crippen molar-refractivity contribution in [3.05, 3.63) is 81.1 Å². The van der Waals surface area contributed by atoms with Crippen molar-refractivity contribution in [1.82, 2.24) is 10.9 Å². The van der Waals surface area contributed by atoms with E-state index in [1.807, 2.05) is 0 Å². The Hall–Kier alpha value is -3.80. The molecule has 0 spiro atoms. The molecular formula is C25H21ClN4O5S2. The molecule has 3 aromatic rings. The van der Waals surface area contributed by atoms with E-state index in [0.29, 0.717) is 27.1 Å². The predicted molar refractivity (Wildman–Crippen MR) is 146 cm³/mol. The van der Waals surface area contributed by atoms with Crippen LogP contribution < -0.4 is 25.2 Å². The first kappa shape index (κ1) is 26.3. The highest BCUT2D eigenvalue weighted by atomic mass is 35.5. The number of hydrogen-bond donors (Lipinski definition) is 2. The summed E-state index contributed by atoms with van der Waals surface area (Å²) in [4.78, 5) is 44.2. The van der Waals surface area contributed by atoms with Gasteiger partial charge in [-0.15, -0.1) is 11.3 Å². The third kappa shape index (κ3) is 6.31. The number of nitrogens with zero attached hydrogens (tertiary/aromatic N) is 2. The van der Waals surface area contributed by atoms with Gasteiger partial charge >= 0.3 is 0 Å². The second-order valence-electron chi connectivity index (χ2n) is 7.42. The lowest BCUT2D eigenvalue weighted by Crippen LogP contribution is -2.42. The van der Waals surface area contributed by atoms with Gasteiger partial charge in [-0.05, 0) is 47.4 Å². The summed E-state index contributed by atoms with van der Waals surface area (Å²) >= 11 is 8.47. The van der Waals surface area contributed by atoms with E-state index in [4.69, 9.17) is 21.1 Å². The predicted octanol–water partition coefficient (Wildman–Crippen LogP) is 4.36. The van der Waals surface area contributed by atoms with Crippen molar-refractivity contribution >= 4 is 69.4 Å². The fraction of sp³-hybridized carbons (Fsp3) is 0.120. The number of amidine groups is 1. The lowest BCUT2D eigenvalue weighted by atomic mass is 10.2. The van der Waals surface area contributed by atoms with E-state index in [9.17, 15) is 14.4 Å². The number of thioether (sulfide) groups is 1. The van der Waals surface area contributed by atoms with Crippen LogP contribution in [-0.4, -0.2) is 42.9 Å². The molecule has 0 aliphatic carbocycles. The Balaban J connectivity index is 1.54. The largest absolute Gasteiger partial charge is 0.497 e. The molecule has 37 heavy (non-hydrogen) atoms. The van der Waals surface area contributed by atoms with Crippen molar-refractivity contribution in [2.24, 2.45) is 4.99 Å². The van der Waals surface area contributed by atoms with Gasteiger partial charge < -0.3 is 9.47 Å². The van der Waals surface area contributed by atoms with Crippen LogP contribution in [0.15, 0.2) is 70.7 Å². The number of carbonyl (C=O) groups is 3. The highest BCUT2D eigenvalue weighted by molar-refractivity contribution is 8.14. The molecule has 0 bridgehead atoms. The summed E-state index contributed by atoms with van der Waals surface area (Å²) in [5.41, 5.74) is 6.16. The van der Waals surface area contributed by atoms with Gasteiger partial charge in [-0.25, -0.2) is 4.99 Å². The molecule has 0 saturated carbocycles. The standard InChI is InChI=1S/C25H21ClN4O5S2/c1-34-17-8-5-15(6-9-17)12-19-24(33)30(16-7-10-18(26)20(13-16)35-2)25(27-19)37-14-22(31)28-29-23(32)21-4-3-11-36-21/h3-13H,14H2,1-2H3,(H,28,31)(H,29,32). The number of ether oxygens (including phenoxy) is 2. The van der Waals surface area contributed by atoms with Gasteiger partial charge in [0.2, 0.25) is 5.91 Å². The number of thiophene rings is 1. The first-order valence-corrected chi connectivity index (χ1v) is 13.0. The summed E-state index contributed by atoms with van der Waals surface area (Å²) in [5, 5.41) is 2.44. The quantitative estimate of drug-likeness (QED) is 0.331. The number of methoxy groups -OCH3 is 2. The molecule has 0 saturated heterocycles. The number of carbonyl (C=O) groups excluding carboxylic acids is 3. The highest BCUT2D eigenvalue weighted by Crippen LogP contribution is 2.34. The summed E-state index contributed by atoms with van der Waals surface area (Å²) in [6.45, 7) is 0. The third-order valence-corrected chi connectivity index (χ3v) is 7.15. The van der Waals surface area contributed by atoms with E-state index in [2.05, 4.69) is 15.8 Å². The number of anilines is 1. The van der Waals surface area contributed by atoms with Gasteiger partial charge in [-0.2, -0.15) is 0 Å². The van der Waals surface area contributed by atoms with Crippen LogP contribution >= 0.6 is 34.7 Å². The SMILES string of the molecule is COc1ccc(C=C2N=C(SCC(=O)NNC(=O)c3cccs3)N(c3ccc(Cl)c(OC)c3)C2=O)cc1. The summed E-state index contributed by atoms with van der Waals surface area (Å²) in [7, 11) is 3.05. The maximum absolute atomic E-state index is 13.4.